The predicted molar refractivity (Wildman–Crippen MR) is 133 cm³/mol. The van der Waals surface area contributed by atoms with E-state index in [0.717, 1.165) is 16.5 Å². The number of methoxy groups -OCH3 is 2. The summed E-state index contributed by atoms with van der Waals surface area (Å²) in [6.07, 6.45) is 0.412. The van der Waals surface area contributed by atoms with Crippen molar-refractivity contribution in [2.24, 2.45) is 5.92 Å². The van der Waals surface area contributed by atoms with Crippen molar-refractivity contribution >= 4 is 25.3 Å². The summed E-state index contributed by atoms with van der Waals surface area (Å²) in [5.74, 6) is 1.32. The summed E-state index contributed by atoms with van der Waals surface area (Å²) >= 11 is 0. The fraction of sp³-hybridized carbons (Fsp3) is 0.423. The first-order chi connectivity index (χ1) is 15.4. The number of rotatable bonds is 8. The molecule has 1 aromatic heterocycles. The van der Waals surface area contributed by atoms with Gasteiger partial charge >= 0.3 is 5.97 Å². The van der Waals surface area contributed by atoms with Crippen LogP contribution < -0.4 is 13.9 Å². The van der Waals surface area contributed by atoms with Crippen LogP contribution in [0.15, 0.2) is 40.8 Å². The first-order valence-electron chi connectivity index (χ1n) is 11.1. The maximum absolute atomic E-state index is 11.3. The minimum Gasteiger partial charge on any atom is -0.541 e. The van der Waals surface area contributed by atoms with Gasteiger partial charge in [0, 0.05) is 10.9 Å². The molecule has 0 saturated carbocycles. The second-order valence-corrected chi connectivity index (χ2v) is 14.7. The van der Waals surface area contributed by atoms with Gasteiger partial charge in [0.2, 0.25) is 0 Å². The highest BCUT2D eigenvalue weighted by Crippen LogP contribution is 2.42. The van der Waals surface area contributed by atoms with Gasteiger partial charge < -0.3 is 23.4 Å². The van der Waals surface area contributed by atoms with Crippen LogP contribution in [-0.4, -0.2) is 33.6 Å². The van der Waals surface area contributed by atoms with Crippen molar-refractivity contribution in [1.29, 1.82) is 0 Å². The Morgan fingerprint density at radius 1 is 1.03 bits per heavy atom. The minimum atomic E-state index is -2.07. The van der Waals surface area contributed by atoms with E-state index < -0.39 is 20.2 Å². The summed E-state index contributed by atoms with van der Waals surface area (Å²) in [7, 11) is 1.15. The molecule has 1 unspecified atom stereocenters. The summed E-state index contributed by atoms with van der Waals surface area (Å²) in [4.78, 5) is 11.3. The monoisotopic (exact) mass is 470 g/mol. The summed E-state index contributed by atoms with van der Waals surface area (Å²) in [6, 6.07) is 11.5. The van der Waals surface area contributed by atoms with E-state index in [1.807, 2.05) is 36.4 Å². The van der Waals surface area contributed by atoms with E-state index in [2.05, 4.69) is 33.9 Å². The SMILES string of the molecule is COc1ccc(-c2cc3cc(CC(C)C(=O)O)cc(OC)c3o2)cc1O[Si](C)(C)C(C)(C)C. The molecule has 0 fully saturated rings. The largest absolute Gasteiger partial charge is 0.541 e. The fourth-order valence-corrected chi connectivity index (χ4v) is 4.39. The number of hydrogen-bond acceptors (Lipinski definition) is 5. The molecule has 0 saturated heterocycles. The van der Waals surface area contributed by atoms with E-state index in [-0.39, 0.29) is 5.04 Å². The van der Waals surface area contributed by atoms with E-state index in [1.165, 1.54) is 0 Å². The molecule has 0 aliphatic carbocycles. The molecule has 0 aliphatic rings. The molecule has 3 rings (SSSR count). The van der Waals surface area contributed by atoms with Gasteiger partial charge in [-0.25, -0.2) is 0 Å². The lowest BCUT2D eigenvalue weighted by Gasteiger charge is -2.36. The Labute approximate surface area is 196 Å². The van der Waals surface area contributed by atoms with Crippen molar-refractivity contribution in [2.45, 2.75) is 52.2 Å². The number of carbonyl (C=O) groups is 1. The Bertz CT molecular complexity index is 1160. The molecule has 1 atom stereocenters. The third-order valence-corrected chi connectivity index (χ3v) is 10.8. The highest BCUT2D eigenvalue weighted by molar-refractivity contribution is 6.74. The Kier molecular flexibility index (Phi) is 6.84. The molecule has 0 bridgehead atoms. The number of fused-ring (bicyclic) bond motifs is 1. The van der Waals surface area contributed by atoms with Crippen LogP contribution in [0, 0.1) is 5.92 Å². The van der Waals surface area contributed by atoms with Gasteiger partial charge in [0.25, 0.3) is 8.32 Å². The Morgan fingerprint density at radius 3 is 2.27 bits per heavy atom. The molecule has 0 amide bonds. The van der Waals surface area contributed by atoms with Crippen LogP contribution in [0.1, 0.15) is 33.3 Å². The van der Waals surface area contributed by atoms with Crippen LogP contribution in [0.2, 0.25) is 18.1 Å². The Hall–Kier alpha value is -2.93. The van der Waals surface area contributed by atoms with E-state index in [4.69, 9.17) is 18.3 Å². The van der Waals surface area contributed by atoms with Gasteiger partial charge in [0.15, 0.2) is 17.1 Å². The molecule has 178 valence electrons. The van der Waals surface area contributed by atoms with Crippen LogP contribution in [0.4, 0.5) is 0 Å². The molecule has 0 spiro atoms. The number of carboxylic acid groups (broad SMARTS) is 1. The van der Waals surface area contributed by atoms with Crippen LogP contribution >= 0.6 is 0 Å². The average molecular weight is 471 g/mol. The third kappa shape index (κ3) is 5.19. The molecular formula is C26H34O6Si. The molecule has 0 aliphatic heterocycles. The van der Waals surface area contributed by atoms with Crippen LogP contribution in [-0.2, 0) is 11.2 Å². The number of carboxylic acids is 1. The second-order valence-electron chi connectivity index (χ2n) is 10.00. The molecule has 33 heavy (non-hydrogen) atoms. The van der Waals surface area contributed by atoms with Crippen molar-refractivity contribution < 1.29 is 28.2 Å². The summed E-state index contributed by atoms with van der Waals surface area (Å²) in [6.45, 7) is 12.7. The lowest BCUT2D eigenvalue weighted by atomic mass is 10.00. The third-order valence-electron chi connectivity index (χ3n) is 6.44. The van der Waals surface area contributed by atoms with Gasteiger partial charge in [-0.3, -0.25) is 4.79 Å². The van der Waals surface area contributed by atoms with Gasteiger partial charge in [-0.2, -0.15) is 0 Å². The summed E-state index contributed by atoms with van der Waals surface area (Å²) in [5, 5.41) is 10.2. The zero-order valence-electron chi connectivity index (χ0n) is 20.7. The molecule has 0 radical (unpaired) electrons. The van der Waals surface area contributed by atoms with Crippen LogP contribution in [0.25, 0.3) is 22.3 Å². The smallest absolute Gasteiger partial charge is 0.306 e. The lowest BCUT2D eigenvalue weighted by molar-refractivity contribution is -0.141. The van der Waals surface area contributed by atoms with E-state index >= 15 is 0 Å². The van der Waals surface area contributed by atoms with Gasteiger partial charge in [0.1, 0.15) is 11.5 Å². The highest BCUT2D eigenvalue weighted by atomic mass is 28.4. The van der Waals surface area contributed by atoms with E-state index in [0.29, 0.717) is 35.0 Å². The highest BCUT2D eigenvalue weighted by Gasteiger charge is 2.39. The average Bonchev–Trinajstić information content (AvgIpc) is 3.16. The Morgan fingerprint density at radius 2 is 1.70 bits per heavy atom. The van der Waals surface area contributed by atoms with Crippen LogP contribution in [0.5, 0.6) is 17.2 Å². The molecular weight excluding hydrogens is 436 g/mol. The maximum Gasteiger partial charge on any atom is 0.306 e. The van der Waals surface area contributed by atoms with Crippen molar-refractivity contribution in [1.82, 2.24) is 0 Å². The van der Waals surface area contributed by atoms with Crippen LogP contribution in [0.3, 0.4) is 0 Å². The zero-order chi connectivity index (χ0) is 24.6. The van der Waals surface area contributed by atoms with Gasteiger partial charge in [0.05, 0.1) is 20.1 Å². The summed E-state index contributed by atoms with van der Waals surface area (Å²) in [5.41, 5.74) is 2.38. The quantitative estimate of drug-likeness (QED) is 0.366. The zero-order valence-corrected chi connectivity index (χ0v) is 21.7. The predicted octanol–water partition coefficient (Wildman–Crippen LogP) is 6.76. The first kappa shape index (κ1) is 24.7. The Balaban J connectivity index is 2.04. The molecule has 6 nitrogen and oxygen atoms in total. The van der Waals surface area contributed by atoms with Gasteiger partial charge in [-0.1, -0.05) is 27.7 Å². The van der Waals surface area contributed by atoms with Gasteiger partial charge in [-0.15, -0.1) is 0 Å². The number of furan rings is 1. The van der Waals surface area contributed by atoms with E-state index in [1.54, 1.807) is 21.1 Å². The standard InChI is InChI=1S/C26H34O6Si/c1-16(25(27)28)11-17-12-19-15-21(31-24(19)23(13-17)30-6)18-9-10-20(29-5)22(14-18)32-33(7,8)26(2,3)4/h9-10,12-16H,11H2,1-8H3,(H,27,28). The van der Waals surface area contributed by atoms with E-state index in [9.17, 15) is 9.90 Å². The van der Waals surface area contributed by atoms with Crippen molar-refractivity contribution in [2.75, 3.05) is 14.2 Å². The van der Waals surface area contributed by atoms with Gasteiger partial charge in [-0.05, 0) is 66.5 Å². The number of ether oxygens (including phenoxy) is 2. The molecule has 1 heterocycles. The lowest BCUT2D eigenvalue weighted by Crippen LogP contribution is -2.43. The normalized spacial score (nSPS) is 13.1. The van der Waals surface area contributed by atoms with Crippen molar-refractivity contribution in [3.63, 3.8) is 0 Å². The first-order valence-corrected chi connectivity index (χ1v) is 14.0. The molecule has 3 aromatic rings. The minimum absolute atomic E-state index is 0.0459. The molecule has 2 aromatic carbocycles. The summed E-state index contributed by atoms with van der Waals surface area (Å²) < 4.78 is 23.8. The maximum atomic E-state index is 11.3. The molecule has 1 N–H and O–H groups in total. The number of aliphatic carboxylic acids is 1. The molecule has 7 heteroatoms. The van der Waals surface area contributed by atoms with Crippen molar-refractivity contribution in [3.05, 3.63) is 42.0 Å². The fourth-order valence-electron chi connectivity index (χ4n) is 3.37. The number of benzene rings is 2. The topological polar surface area (TPSA) is 78.1 Å². The van der Waals surface area contributed by atoms with Crippen molar-refractivity contribution in [3.8, 4) is 28.6 Å². The number of hydrogen-bond donors (Lipinski definition) is 1. The second kappa shape index (κ2) is 9.13.